The minimum absolute atomic E-state index is 0.0646. The number of H-pyrrole nitrogens is 1. The molecule has 0 unspecified atom stereocenters. The Morgan fingerprint density at radius 1 is 1.16 bits per heavy atom. The summed E-state index contributed by atoms with van der Waals surface area (Å²) in [7, 11) is 0. The van der Waals surface area contributed by atoms with E-state index in [2.05, 4.69) is 4.98 Å². The summed E-state index contributed by atoms with van der Waals surface area (Å²) in [6.45, 7) is 2.02. The SMILES string of the molecule is Cc1cccc(CC(=O)c2ccc3c(c2)[nH]c(=O)n3C2CCCC2)c1. The number of benzene rings is 2. The van der Waals surface area contributed by atoms with Crippen LogP contribution in [0.25, 0.3) is 11.0 Å². The van der Waals surface area contributed by atoms with Crippen LogP contribution in [0.15, 0.2) is 47.3 Å². The predicted molar refractivity (Wildman–Crippen MR) is 99.3 cm³/mol. The number of aryl methyl sites for hydroxylation is 1. The minimum atomic E-state index is -0.0646. The number of imidazole rings is 1. The zero-order chi connectivity index (χ0) is 17.4. The van der Waals surface area contributed by atoms with Gasteiger partial charge in [0.25, 0.3) is 0 Å². The molecule has 1 N–H and O–H groups in total. The van der Waals surface area contributed by atoms with Crippen molar-refractivity contribution in [3.8, 4) is 0 Å². The van der Waals surface area contributed by atoms with Crippen LogP contribution < -0.4 is 5.69 Å². The molecule has 0 saturated heterocycles. The number of aromatic nitrogens is 2. The number of hydrogen-bond acceptors (Lipinski definition) is 2. The van der Waals surface area contributed by atoms with Gasteiger partial charge in [0.05, 0.1) is 11.0 Å². The number of carbonyl (C=O) groups excluding carboxylic acids is 1. The molecule has 0 aliphatic heterocycles. The molecule has 1 fully saturated rings. The molecule has 1 saturated carbocycles. The quantitative estimate of drug-likeness (QED) is 0.728. The summed E-state index contributed by atoms with van der Waals surface area (Å²) in [6, 6.07) is 13.9. The number of nitrogens with zero attached hydrogens (tertiary/aromatic N) is 1. The first-order valence-electron chi connectivity index (χ1n) is 8.95. The van der Waals surface area contributed by atoms with Gasteiger partial charge >= 0.3 is 5.69 Å². The lowest BCUT2D eigenvalue weighted by molar-refractivity contribution is 0.0993. The van der Waals surface area contributed by atoms with Crippen LogP contribution >= 0.6 is 0 Å². The van der Waals surface area contributed by atoms with Crippen LogP contribution in [-0.2, 0) is 6.42 Å². The molecule has 0 spiro atoms. The van der Waals surface area contributed by atoms with Crippen LogP contribution in [0.3, 0.4) is 0 Å². The van der Waals surface area contributed by atoms with Crippen molar-refractivity contribution in [3.63, 3.8) is 0 Å². The van der Waals surface area contributed by atoms with Crippen molar-refractivity contribution in [2.24, 2.45) is 0 Å². The van der Waals surface area contributed by atoms with Crippen LogP contribution in [0.1, 0.15) is 53.2 Å². The monoisotopic (exact) mass is 334 g/mol. The number of fused-ring (bicyclic) bond motifs is 1. The van der Waals surface area contributed by atoms with Crippen molar-refractivity contribution in [2.75, 3.05) is 0 Å². The van der Waals surface area contributed by atoms with Gasteiger partial charge in [-0.25, -0.2) is 4.79 Å². The van der Waals surface area contributed by atoms with Crippen molar-refractivity contribution in [1.29, 1.82) is 0 Å². The van der Waals surface area contributed by atoms with Crippen LogP contribution in [0.4, 0.5) is 0 Å². The van der Waals surface area contributed by atoms with Gasteiger partial charge in [0.2, 0.25) is 0 Å². The standard InChI is InChI=1S/C21H22N2O2/c1-14-5-4-6-15(11-14)12-20(24)16-9-10-19-18(13-16)22-21(25)23(19)17-7-2-3-8-17/h4-6,9-11,13,17H,2-3,7-8,12H2,1H3,(H,22,25). The maximum Gasteiger partial charge on any atom is 0.326 e. The van der Waals surface area contributed by atoms with E-state index in [1.54, 1.807) is 0 Å². The summed E-state index contributed by atoms with van der Waals surface area (Å²) in [5, 5.41) is 0. The lowest BCUT2D eigenvalue weighted by Crippen LogP contribution is -2.20. The van der Waals surface area contributed by atoms with Crippen molar-refractivity contribution in [1.82, 2.24) is 9.55 Å². The molecule has 1 heterocycles. The Morgan fingerprint density at radius 2 is 1.96 bits per heavy atom. The summed E-state index contributed by atoms with van der Waals surface area (Å²) in [4.78, 5) is 27.9. The molecular weight excluding hydrogens is 312 g/mol. The number of nitrogens with one attached hydrogen (secondary N) is 1. The zero-order valence-corrected chi connectivity index (χ0v) is 14.4. The molecule has 4 nitrogen and oxygen atoms in total. The first-order chi connectivity index (χ1) is 12.1. The van der Waals surface area contributed by atoms with Crippen LogP contribution in [0, 0.1) is 6.92 Å². The highest BCUT2D eigenvalue weighted by Crippen LogP contribution is 2.30. The number of rotatable bonds is 4. The topological polar surface area (TPSA) is 54.9 Å². The molecule has 3 aromatic rings. The van der Waals surface area contributed by atoms with Crippen LogP contribution in [0.5, 0.6) is 0 Å². The fourth-order valence-corrected chi connectivity index (χ4v) is 3.94. The summed E-state index contributed by atoms with van der Waals surface area (Å²) in [5.41, 5.74) is 4.41. The highest BCUT2D eigenvalue weighted by molar-refractivity contribution is 6.00. The third-order valence-corrected chi connectivity index (χ3v) is 5.18. The van der Waals surface area contributed by atoms with Crippen molar-refractivity contribution < 1.29 is 4.79 Å². The average molecular weight is 334 g/mol. The molecule has 128 valence electrons. The molecule has 1 aliphatic carbocycles. The Labute approximate surface area is 146 Å². The lowest BCUT2D eigenvalue weighted by Gasteiger charge is -2.11. The van der Waals surface area contributed by atoms with Crippen LogP contribution in [-0.4, -0.2) is 15.3 Å². The number of carbonyl (C=O) groups is 1. The Morgan fingerprint density at radius 3 is 2.72 bits per heavy atom. The highest BCUT2D eigenvalue weighted by atomic mass is 16.1. The molecule has 25 heavy (non-hydrogen) atoms. The van der Waals surface area contributed by atoms with Gasteiger partial charge in [0.15, 0.2) is 5.78 Å². The normalized spacial score (nSPS) is 15.1. The smallest absolute Gasteiger partial charge is 0.306 e. The van der Waals surface area contributed by atoms with Crippen molar-refractivity contribution in [2.45, 2.75) is 45.1 Å². The fraction of sp³-hybridized carbons (Fsp3) is 0.333. The molecule has 2 aromatic carbocycles. The van der Waals surface area contributed by atoms with E-state index >= 15 is 0 Å². The second kappa shape index (κ2) is 6.36. The molecule has 4 heteroatoms. The number of ketones is 1. The van der Waals surface area contributed by atoms with E-state index in [1.165, 1.54) is 12.8 Å². The van der Waals surface area contributed by atoms with E-state index in [0.29, 0.717) is 12.0 Å². The summed E-state index contributed by atoms with van der Waals surface area (Å²) in [6.07, 6.45) is 4.84. The Hall–Kier alpha value is -2.62. The zero-order valence-electron chi connectivity index (χ0n) is 14.4. The predicted octanol–water partition coefficient (Wildman–Crippen LogP) is 4.18. The lowest BCUT2D eigenvalue weighted by atomic mass is 10.0. The fourth-order valence-electron chi connectivity index (χ4n) is 3.94. The number of Topliss-reactive ketones (excluding diaryl/α,β-unsaturated/α-hetero) is 1. The summed E-state index contributed by atoms with van der Waals surface area (Å²) >= 11 is 0. The van der Waals surface area contributed by atoms with Crippen LogP contribution in [0.2, 0.25) is 0 Å². The highest BCUT2D eigenvalue weighted by Gasteiger charge is 2.21. The maximum absolute atomic E-state index is 12.6. The first-order valence-corrected chi connectivity index (χ1v) is 8.95. The maximum atomic E-state index is 12.6. The minimum Gasteiger partial charge on any atom is -0.306 e. The van der Waals surface area contributed by atoms with E-state index in [-0.39, 0.29) is 17.5 Å². The van der Waals surface area contributed by atoms with Crippen molar-refractivity contribution in [3.05, 3.63) is 69.6 Å². The molecule has 0 radical (unpaired) electrons. The first kappa shape index (κ1) is 15.9. The summed E-state index contributed by atoms with van der Waals surface area (Å²) < 4.78 is 1.87. The van der Waals surface area contributed by atoms with Gasteiger partial charge in [-0.2, -0.15) is 0 Å². The molecular formula is C21H22N2O2. The van der Waals surface area contributed by atoms with E-state index < -0.39 is 0 Å². The van der Waals surface area contributed by atoms with Gasteiger partial charge in [-0.05, 0) is 43.5 Å². The second-order valence-corrected chi connectivity index (χ2v) is 7.06. The Balaban J connectivity index is 1.65. The molecule has 0 bridgehead atoms. The Kier molecular flexibility index (Phi) is 4.04. The summed E-state index contributed by atoms with van der Waals surface area (Å²) in [5.74, 6) is 0.0713. The molecule has 4 rings (SSSR count). The van der Waals surface area contributed by atoms with Gasteiger partial charge in [0.1, 0.15) is 0 Å². The van der Waals surface area contributed by atoms with E-state index in [1.807, 2.05) is 54.0 Å². The third kappa shape index (κ3) is 3.04. The number of hydrogen-bond donors (Lipinski definition) is 1. The van der Waals surface area contributed by atoms with Gasteiger partial charge in [-0.15, -0.1) is 0 Å². The van der Waals surface area contributed by atoms with Gasteiger partial charge in [-0.3, -0.25) is 9.36 Å². The van der Waals surface area contributed by atoms with E-state index in [0.717, 1.165) is 35.0 Å². The molecule has 1 aliphatic rings. The molecule has 0 amide bonds. The van der Waals surface area contributed by atoms with Gasteiger partial charge in [-0.1, -0.05) is 42.7 Å². The second-order valence-electron chi connectivity index (χ2n) is 7.06. The van der Waals surface area contributed by atoms with Gasteiger partial charge < -0.3 is 4.98 Å². The Bertz CT molecular complexity index is 991. The number of aromatic amines is 1. The van der Waals surface area contributed by atoms with E-state index in [4.69, 9.17) is 0 Å². The largest absolute Gasteiger partial charge is 0.326 e. The average Bonchev–Trinajstić information content (AvgIpc) is 3.20. The van der Waals surface area contributed by atoms with E-state index in [9.17, 15) is 9.59 Å². The van der Waals surface area contributed by atoms with Crippen molar-refractivity contribution >= 4 is 16.8 Å². The molecule has 0 atom stereocenters. The van der Waals surface area contributed by atoms with Gasteiger partial charge in [0, 0.05) is 18.0 Å². The molecule has 1 aromatic heterocycles. The third-order valence-electron chi connectivity index (χ3n) is 5.18.